The predicted molar refractivity (Wildman–Crippen MR) is 226 cm³/mol. The van der Waals surface area contributed by atoms with Gasteiger partial charge >= 0.3 is 227 Å². The minimum Gasteiger partial charge on any atom is -0.465 e. The van der Waals surface area contributed by atoms with Crippen molar-refractivity contribution in [3.63, 3.8) is 0 Å². The molecule has 5 N–H and O–H groups in total. The van der Waals surface area contributed by atoms with Crippen LogP contribution in [0.15, 0.2) is 91.0 Å². The zero-order valence-electron chi connectivity index (χ0n) is 30.9. The van der Waals surface area contributed by atoms with Gasteiger partial charge in [-0.05, 0) is 20.3 Å². The number of hydrogen-bond donors (Lipinski definition) is 4. The summed E-state index contributed by atoms with van der Waals surface area (Å²) in [6.07, 6.45) is 3.54. The van der Waals surface area contributed by atoms with Crippen molar-refractivity contribution in [2.45, 2.75) is 58.0 Å². The Labute approximate surface area is 334 Å². The van der Waals surface area contributed by atoms with Gasteiger partial charge in [-0.3, -0.25) is 19.2 Å². The molecule has 0 bridgehead atoms. The average Bonchev–Trinajstić information content (AvgIpc) is 3.19. The van der Waals surface area contributed by atoms with Gasteiger partial charge in [0, 0.05) is 6.42 Å². The number of benzene rings is 3. The van der Waals surface area contributed by atoms with Gasteiger partial charge < -0.3 is 25.8 Å². The van der Waals surface area contributed by atoms with Crippen LogP contribution in [0.5, 0.6) is 0 Å². The Balaban J connectivity index is 1.50. The quantitative estimate of drug-likeness (QED) is 0.0441. The Morgan fingerprint density at radius 2 is 1.30 bits per heavy atom. The van der Waals surface area contributed by atoms with Crippen molar-refractivity contribution in [1.29, 1.82) is 0 Å². The number of ether oxygens (including phenoxy) is 2. The second kappa shape index (κ2) is 23.5. The van der Waals surface area contributed by atoms with Crippen molar-refractivity contribution in [3.8, 4) is 0 Å². The van der Waals surface area contributed by atoms with Crippen molar-refractivity contribution in [2.75, 3.05) is 44.0 Å². The molecular weight excluding hydrogens is 811 g/mol. The van der Waals surface area contributed by atoms with E-state index in [0.717, 1.165) is 25.4 Å². The van der Waals surface area contributed by atoms with Gasteiger partial charge in [-0.1, -0.05) is 0 Å². The number of carbonyl (C=O) groups is 5. The standard InChI is InChI=1S/C39H52BrN4O7PS2/c1-3-50-37(47)27-43-38(48)34(44-35(45)24-23-33(41)39(49)51-4-2)28-53-54-29-36(46)42-25-15-8-16-26-52(40,30-17-9-5-10-18-30,31-19-11-6-12-20-31)32-21-13-7-14-22-32/h5-7,9-14,17-22,33-34H,3-4,8,15-16,23-29,41H2,1-2H3,(H,42,46)(H,43,48)(H,44,45). The van der Waals surface area contributed by atoms with Gasteiger partial charge in [0.05, 0.1) is 13.2 Å². The summed E-state index contributed by atoms with van der Waals surface area (Å²) >= 11 is 4.49. The first-order valence-corrected chi connectivity index (χ1v) is 25.0. The molecule has 15 heteroatoms. The van der Waals surface area contributed by atoms with Crippen LogP contribution in [0.3, 0.4) is 0 Å². The molecule has 3 aromatic carbocycles. The van der Waals surface area contributed by atoms with Crippen molar-refractivity contribution in [2.24, 2.45) is 5.73 Å². The molecule has 0 aliphatic heterocycles. The molecule has 3 rings (SSSR count). The van der Waals surface area contributed by atoms with E-state index in [4.69, 9.17) is 15.2 Å². The normalized spacial score (nSPS) is 13.0. The van der Waals surface area contributed by atoms with E-state index in [0.29, 0.717) is 6.54 Å². The first kappa shape index (κ1) is 45.0. The first-order valence-electron chi connectivity index (χ1n) is 18.1. The van der Waals surface area contributed by atoms with Gasteiger partial charge in [0.15, 0.2) is 0 Å². The Morgan fingerprint density at radius 3 is 1.83 bits per heavy atom. The van der Waals surface area contributed by atoms with E-state index in [1.54, 1.807) is 13.8 Å². The van der Waals surface area contributed by atoms with Gasteiger partial charge in [0.1, 0.15) is 12.6 Å². The molecule has 0 radical (unpaired) electrons. The van der Waals surface area contributed by atoms with E-state index in [-0.39, 0.29) is 50.0 Å². The number of esters is 2. The van der Waals surface area contributed by atoms with E-state index in [9.17, 15) is 24.0 Å². The Bertz CT molecular complexity index is 1540. The molecule has 0 spiro atoms. The van der Waals surface area contributed by atoms with Crippen LogP contribution >= 0.6 is 42.4 Å². The Hall–Kier alpha value is -3.42. The van der Waals surface area contributed by atoms with Gasteiger partial charge in [0.2, 0.25) is 11.8 Å². The summed E-state index contributed by atoms with van der Waals surface area (Å²) in [4.78, 5) is 61.8. The summed E-state index contributed by atoms with van der Waals surface area (Å²) in [6, 6.07) is 30.1. The molecule has 0 aromatic heterocycles. The van der Waals surface area contributed by atoms with Crippen LogP contribution < -0.4 is 37.6 Å². The number of hydrogen-bond acceptors (Lipinski definition) is 10. The molecule has 0 aliphatic rings. The third-order valence-corrected chi connectivity index (χ3v) is 20.9. The molecule has 0 heterocycles. The van der Waals surface area contributed by atoms with E-state index in [1.165, 1.54) is 37.5 Å². The topological polar surface area (TPSA) is 166 Å². The van der Waals surface area contributed by atoms with Gasteiger partial charge in [-0.25, -0.2) is 0 Å². The van der Waals surface area contributed by atoms with Crippen LogP contribution in [0.2, 0.25) is 0 Å². The maximum Gasteiger partial charge on any atom is 0.322 e. The Morgan fingerprint density at radius 1 is 0.741 bits per heavy atom. The third kappa shape index (κ3) is 13.4. The van der Waals surface area contributed by atoms with Crippen molar-refractivity contribution >= 4 is 88.0 Å². The molecule has 0 saturated heterocycles. The van der Waals surface area contributed by atoms with Crippen molar-refractivity contribution in [1.82, 2.24) is 16.0 Å². The van der Waals surface area contributed by atoms with Crippen molar-refractivity contribution in [3.05, 3.63) is 91.0 Å². The molecular formula is C39H52BrN4O7PS2. The smallest absolute Gasteiger partial charge is 0.322 e. The molecule has 2 unspecified atom stereocenters. The molecule has 0 fully saturated rings. The summed E-state index contributed by atoms with van der Waals surface area (Å²) in [7, 11) is 2.51. The van der Waals surface area contributed by atoms with E-state index >= 15 is 0 Å². The number of amides is 3. The van der Waals surface area contributed by atoms with Crippen LogP contribution in [-0.2, 0) is 33.4 Å². The fraction of sp³-hybridized carbons (Fsp3) is 0.410. The fourth-order valence-corrected chi connectivity index (χ4v) is 15.6. The first-order chi connectivity index (χ1) is 26.0. The summed E-state index contributed by atoms with van der Waals surface area (Å²) in [5, 5.41) is 8.96. The number of halogens is 1. The minimum atomic E-state index is -2.99. The second-order valence-corrected chi connectivity index (χ2v) is 24.0. The summed E-state index contributed by atoms with van der Waals surface area (Å²) < 4.78 is 9.73. The number of unbranched alkanes of at least 4 members (excludes halogenated alkanes) is 2. The Kier molecular flexibility index (Phi) is 19.6. The van der Waals surface area contributed by atoms with E-state index < -0.39 is 41.1 Å². The van der Waals surface area contributed by atoms with E-state index in [1.807, 2.05) is 18.2 Å². The predicted octanol–water partition coefficient (Wildman–Crippen LogP) is 4.33. The minimum absolute atomic E-state index is 0.0378. The molecule has 2 atom stereocenters. The summed E-state index contributed by atoms with van der Waals surface area (Å²) in [6.45, 7) is 3.84. The average molecular weight is 864 g/mol. The molecule has 0 saturated carbocycles. The molecule has 3 aromatic rings. The number of carbonyl (C=O) groups excluding carboxylic acids is 5. The zero-order valence-corrected chi connectivity index (χ0v) is 35.0. The van der Waals surface area contributed by atoms with Crippen LogP contribution in [0.25, 0.3) is 0 Å². The van der Waals surface area contributed by atoms with Gasteiger partial charge in [-0.2, -0.15) is 0 Å². The molecule has 3 amide bonds. The molecule has 54 heavy (non-hydrogen) atoms. The third-order valence-electron chi connectivity index (χ3n) is 8.60. The molecule has 294 valence electrons. The molecule has 0 aliphatic carbocycles. The van der Waals surface area contributed by atoms with Crippen LogP contribution in [0.1, 0.15) is 46.0 Å². The van der Waals surface area contributed by atoms with Crippen LogP contribution in [0.4, 0.5) is 0 Å². The van der Waals surface area contributed by atoms with Crippen LogP contribution in [0, 0.1) is 0 Å². The second-order valence-electron chi connectivity index (χ2n) is 12.4. The maximum atomic E-state index is 12.9. The number of rotatable bonds is 24. The number of nitrogens with two attached hydrogens (primary N) is 1. The van der Waals surface area contributed by atoms with Crippen LogP contribution in [-0.4, -0.2) is 85.7 Å². The fourth-order valence-electron chi connectivity index (χ4n) is 5.85. The van der Waals surface area contributed by atoms with Gasteiger partial charge in [0.25, 0.3) is 0 Å². The monoisotopic (exact) mass is 862 g/mol. The molecule has 11 nitrogen and oxygen atoms in total. The van der Waals surface area contributed by atoms with E-state index in [2.05, 4.69) is 104 Å². The zero-order chi connectivity index (χ0) is 39.3. The van der Waals surface area contributed by atoms with Crippen molar-refractivity contribution < 1.29 is 33.4 Å². The number of nitrogens with one attached hydrogen (secondary N) is 3. The summed E-state index contributed by atoms with van der Waals surface area (Å²) in [5.74, 6) is -2.13. The maximum absolute atomic E-state index is 12.9. The van der Waals surface area contributed by atoms with Gasteiger partial charge in [-0.15, -0.1) is 0 Å². The largest absolute Gasteiger partial charge is 0.465 e. The SMILES string of the molecule is CCOC(=O)CNC(=O)C(CSSCC(=O)NCCCCCP(Br)(c1ccccc1)(c1ccccc1)c1ccccc1)NC(=O)CCC(N)C(=O)OCC. The summed E-state index contributed by atoms with van der Waals surface area (Å²) in [5.41, 5.74) is 5.79.